The van der Waals surface area contributed by atoms with E-state index in [0.717, 1.165) is 43.2 Å². The summed E-state index contributed by atoms with van der Waals surface area (Å²) in [4.78, 5) is 22.8. The minimum atomic E-state index is -0.277. The lowest BCUT2D eigenvalue weighted by Gasteiger charge is -2.29. The molecule has 1 aromatic heterocycles. The molecule has 2 aromatic carbocycles. The molecule has 1 amide bonds. The lowest BCUT2D eigenvalue weighted by atomic mass is 10.1. The SMILES string of the molecule is C=CC(=O)Nc1cccc(-c2cc(Cl)nc(Nc3cccc(N4CCOCC4)c3)n2)c1. The van der Waals surface area contributed by atoms with Crippen molar-refractivity contribution in [2.45, 2.75) is 0 Å². The van der Waals surface area contributed by atoms with Crippen molar-refractivity contribution in [1.29, 1.82) is 0 Å². The molecule has 1 aliphatic heterocycles. The smallest absolute Gasteiger partial charge is 0.247 e. The first-order valence-corrected chi connectivity index (χ1v) is 10.3. The minimum Gasteiger partial charge on any atom is -0.378 e. The highest BCUT2D eigenvalue weighted by molar-refractivity contribution is 6.29. The highest BCUT2D eigenvalue weighted by atomic mass is 35.5. The maximum Gasteiger partial charge on any atom is 0.247 e. The average molecular weight is 436 g/mol. The fraction of sp³-hybridized carbons (Fsp3) is 0.174. The highest BCUT2D eigenvalue weighted by Gasteiger charge is 2.12. The van der Waals surface area contributed by atoms with Crippen LogP contribution < -0.4 is 15.5 Å². The molecule has 0 bridgehead atoms. The van der Waals surface area contributed by atoms with Crippen LogP contribution in [0.4, 0.5) is 23.0 Å². The summed E-state index contributed by atoms with van der Waals surface area (Å²) in [5.41, 5.74) is 4.06. The predicted molar refractivity (Wildman–Crippen MR) is 124 cm³/mol. The van der Waals surface area contributed by atoms with E-state index in [1.165, 1.54) is 6.08 Å². The normalized spacial score (nSPS) is 13.5. The van der Waals surface area contributed by atoms with E-state index in [1.807, 2.05) is 30.3 Å². The van der Waals surface area contributed by atoms with Gasteiger partial charge in [0.25, 0.3) is 0 Å². The Hall–Kier alpha value is -3.42. The average Bonchev–Trinajstić information content (AvgIpc) is 2.79. The molecular formula is C23H22ClN5O2. The van der Waals surface area contributed by atoms with Crippen molar-refractivity contribution in [2.24, 2.45) is 0 Å². The number of hydrogen-bond donors (Lipinski definition) is 2. The van der Waals surface area contributed by atoms with E-state index in [-0.39, 0.29) is 5.91 Å². The summed E-state index contributed by atoms with van der Waals surface area (Å²) in [6.45, 7) is 6.64. The molecule has 8 heteroatoms. The van der Waals surface area contributed by atoms with Gasteiger partial charge in [-0.3, -0.25) is 4.79 Å². The van der Waals surface area contributed by atoms with Gasteiger partial charge in [0.15, 0.2) is 0 Å². The molecule has 0 saturated carbocycles. The second-order valence-corrected chi connectivity index (χ2v) is 7.34. The lowest BCUT2D eigenvalue weighted by molar-refractivity contribution is -0.111. The Morgan fingerprint density at radius 3 is 2.65 bits per heavy atom. The van der Waals surface area contributed by atoms with Crippen LogP contribution >= 0.6 is 11.6 Å². The number of halogens is 1. The Morgan fingerprint density at radius 1 is 1.06 bits per heavy atom. The van der Waals surface area contributed by atoms with Crippen LogP contribution in [-0.4, -0.2) is 42.2 Å². The van der Waals surface area contributed by atoms with Crippen molar-refractivity contribution in [3.05, 3.63) is 72.4 Å². The maximum atomic E-state index is 11.6. The molecule has 2 heterocycles. The van der Waals surface area contributed by atoms with Crippen LogP contribution in [0.2, 0.25) is 5.15 Å². The number of carbonyl (C=O) groups excluding carboxylic acids is 1. The van der Waals surface area contributed by atoms with Crippen LogP contribution in [0.1, 0.15) is 0 Å². The first kappa shape index (κ1) is 20.8. The molecule has 0 aliphatic carbocycles. The van der Waals surface area contributed by atoms with Gasteiger partial charge in [0.1, 0.15) is 5.15 Å². The van der Waals surface area contributed by atoms with Crippen molar-refractivity contribution in [3.63, 3.8) is 0 Å². The van der Waals surface area contributed by atoms with E-state index in [4.69, 9.17) is 16.3 Å². The van der Waals surface area contributed by atoms with Crippen molar-refractivity contribution in [1.82, 2.24) is 9.97 Å². The van der Waals surface area contributed by atoms with E-state index in [2.05, 4.69) is 44.2 Å². The second kappa shape index (κ2) is 9.59. The molecule has 7 nitrogen and oxygen atoms in total. The van der Waals surface area contributed by atoms with Gasteiger partial charge in [0, 0.05) is 41.8 Å². The molecule has 2 N–H and O–H groups in total. The number of amides is 1. The summed E-state index contributed by atoms with van der Waals surface area (Å²) in [5.74, 6) is 0.113. The standard InChI is InChI=1S/C23H22ClN5O2/c1-2-22(30)25-17-6-3-5-16(13-17)20-15-21(24)28-23(27-20)26-18-7-4-8-19(14-18)29-9-11-31-12-10-29/h2-8,13-15H,1,9-12H2,(H,25,30)(H,26,27,28). The number of rotatable bonds is 6. The third-order valence-electron chi connectivity index (χ3n) is 4.78. The third-order valence-corrected chi connectivity index (χ3v) is 4.98. The van der Waals surface area contributed by atoms with Gasteiger partial charge in [0.05, 0.1) is 18.9 Å². The number of nitrogens with zero attached hydrogens (tertiary/aromatic N) is 3. The fourth-order valence-electron chi connectivity index (χ4n) is 3.30. The number of anilines is 4. The van der Waals surface area contributed by atoms with Gasteiger partial charge in [-0.05, 0) is 36.4 Å². The second-order valence-electron chi connectivity index (χ2n) is 6.95. The number of ether oxygens (including phenoxy) is 1. The first-order chi connectivity index (χ1) is 15.1. The molecule has 0 radical (unpaired) electrons. The zero-order valence-electron chi connectivity index (χ0n) is 16.8. The monoisotopic (exact) mass is 435 g/mol. The van der Waals surface area contributed by atoms with Crippen LogP contribution in [0.25, 0.3) is 11.3 Å². The Kier molecular flexibility index (Phi) is 6.45. The van der Waals surface area contributed by atoms with Gasteiger partial charge in [-0.1, -0.05) is 36.4 Å². The molecule has 0 atom stereocenters. The molecule has 4 rings (SSSR count). The number of hydrogen-bond acceptors (Lipinski definition) is 6. The van der Waals surface area contributed by atoms with Gasteiger partial charge < -0.3 is 20.3 Å². The summed E-state index contributed by atoms with van der Waals surface area (Å²) in [5, 5.41) is 6.31. The van der Waals surface area contributed by atoms with E-state index in [0.29, 0.717) is 22.5 Å². The van der Waals surface area contributed by atoms with Crippen LogP contribution in [0.3, 0.4) is 0 Å². The number of benzene rings is 2. The van der Waals surface area contributed by atoms with Crippen LogP contribution in [-0.2, 0) is 9.53 Å². The van der Waals surface area contributed by atoms with Gasteiger partial charge in [-0.2, -0.15) is 0 Å². The fourth-order valence-corrected chi connectivity index (χ4v) is 3.49. The quantitative estimate of drug-likeness (QED) is 0.438. The maximum absolute atomic E-state index is 11.6. The highest BCUT2D eigenvalue weighted by Crippen LogP contribution is 2.27. The number of carbonyl (C=O) groups is 1. The Bertz CT molecular complexity index is 1100. The molecule has 1 saturated heterocycles. The van der Waals surface area contributed by atoms with Crippen LogP contribution in [0.15, 0.2) is 67.3 Å². The van der Waals surface area contributed by atoms with E-state index >= 15 is 0 Å². The largest absolute Gasteiger partial charge is 0.378 e. The summed E-state index contributed by atoms with van der Waals surface area (Å²) in [6.07, 6.45) is 1.22. The van der Waals surface area contributed by atoms with Gasteiger partial charge in [0.2, 0.25) is 11.9 Å². The topological polar surface area (TPSA) is 79.4 Å². The van der Waals surface area contributed by atoms with E-state index < -0.39 is 0 Å². The Morgan fingerprint density at radius 2 is 1.84 bits per heavy atom. The molecule has 0 spiro atoms. The molecule has 3 aromatic rings. The molecular weight excluding hydrogens is 414 g/mol. The number of aromatic nitrogens is 2. The minimum absolute atomic E-state index is 0.277. The van der Waals surface area contributed by atoms with Gasteiger partial charge in [-0.15, -0.1) is 0 Å². The zero-order chi connectivity index (χ0) is 21.6. The molecule has 31 heavy (non-hydrogen) atoms. The van der Waals surface area contributed by atoms with Crippen molar-refractivity contribution in [2.75, 3.05) is 41.8 Å². The van der Waals surface area contributed by atoms with Crippen LogP contribution in [0, 0.1) is 0 Å². The van der Waals surface area contributed by atoms with Crippen molar-refractivity contribution < 1.29 is 9.53 Å². The van der Waals surface area contributed by atoms with Crippen molar-refractivity contribution in [3.8, 4) is 11.3 Å². The number of morpholine rings is 1. The molecule has 1 aliphatic rings. The van der Waals surface area contributed by atoms with E-state index in [9.17, 15) is 4.79 Å². The Labute approximate surface area is 185 Å². The van der Waals surface area contributed by atoms with E-state index in [1.54, 1.807) is 12.1 Å². The van der Waals surface area contributed by atoms with Gasteiger partial charge in [-0.25, -0.2) is 9.97 Å². The molecule has 0 unspecified atom stereocenters. The third kappa shape index (κ3) is 5.39. The zero-order valence-corrected chi connectivity index (χ0v) is 17.6. The summed E-state index contributed by atoms with van der Waals surface area (Å²) in [7, 11) is 0. The number of nitrogens with one attached hydrogen (secondary N) is 2. The Balaban J connectivity index is 1.57. The predicted octanol–water partition coefficient (Wildman–Crippen LogP) is 4.50. The summed E-state index contributed by atoms with van der Waals surface area (Å²) in [6, 6.07) is 17.1. The van der Waals surface area contributed by atoms with Crippen LogP contribution in [0.5, 0.6) is 0 Å². The summed E-state index contributed by atoms with van der Waals surface area (Å²) >= 11 is 6.27. The van der Waals surface area contributed by atoms with Crippen molar-refractivity contribution >= 4 is 40.5 Å². The first-order valence-electron chi connectivity index (χ1n) is 9.89. The lowest BCUT2D eigenvalue weighted by Crippen LogP contribution is -2.36. The summed E-state index contributed by atoms with van der Waals surface area (Å²) < 4.78 is 5.43. The molecule has 1 fully saturated rings. The van der Waals surface area contributed by atoms with Gasteiger partial charge >= 0.3 is 0 Å². The molecule has 158 valence electrons.